The molecule has 0 aliphatic heterocycles. The summed E-state index contributed by atoms with van der Waals surface area (Å²) in [5.41, 5.74) is 0. The van der Waals surface area contributed by atoms with Gasteiger partial charge in [-0.3, -0.25) is 0 Å². The van der Waals surface area contributed by atoms with Crippen molar-refractivity contribution in [1.29, 1.82) is 0 Å². The van der Waals surface area contributed by atoms with Gasteiger partial charge in [0.25, 0.3) is 0 Å². The summed E-state index contributed by atoms with van der Waals surface area (Å²) in [5, 5.41) is 0. The molecule has 0 aromatic rings. The van der Waals surface area contributed by atoms with E-state index in [1.54, 1.807) is 12.2 Å². The van der Waals surface area contributed by atoms with Gasteiger partial charge in [0, 0.05) is 12.8 Å². The highest BCUT2D eigenvalue weighted by molar-refractivity contribution is 4.99. The highest BCUT2D eigenvalue weighted by Crippen LogP contribution is 2.09. The zero-order valence-electron chi connectivity index (χ0n) is 6.81. The second kappa shape index (κ2) is 5.54. The van der Waals surface area contributed by atoms with E-state index in [2.05, 4.69) is 26.3 Å². The fraction of sp³-hybridized carbons (Fsp3) is 0.200. The molecule has 0 saturated heterocycles. The summed E-state index contributed by atoms with van der Waals surface area (Å²) in [5.74, 6) is 1.35. The summed E-state index contributed by atoms with van der Waals surface area (Å²) < 4.78 is 5.20. The van der Waals surface area contributed by atoms with Gasteiger partial charge >= 0.3 is 0 Å². The summed E-state index contributed by atoms with van der Waals surface area (Å²) in [6, 6.07) is 0. The summed E-state index contributed by atoms with van der Waals surface area (Å²) in [6.45, 7) is 14.5. The molecule has 0 saturated carbocycles. The van der Waals surface area contributed by atoms with E-state index in [4.69, 9.17) is 4.74 Å². The fourth-order valence-electron chi connectivity index (χ4n) is 0.609. The molecule has 0 atom stereocenters. The van der Waals surface area contributed by atoms with E-state index in [1.165, 1.54) is 0 Å². The Morgan fingerprint density at radius 1 is 1.00 bits per heavy atom. The van der Waals surface area contributed by atoms with Crippen LogP contribution in [0.4, 0.5) is 0 Å². The highest BCUT2D eigenvalue weighted by Gasteiger charge is 1.94. The van der Waals surface area contributed by atoms with Crippen molar-refractivity contribution in [2.24, 2.45) is 0 Å². The SMILES string of the molecule is C=CCC(=C)OC(=C)CC=C. The van der Waals surface area contributed by atoms with Crippen LogP contribution < -0.4 is 0 Å². The fourth-order valence-corrected chi connectivity index (χ4v) is 0.609. The Hall–Kier alpha value is -1.24. The van der Waals surface area contributed by atoms with Crippen LogP contribution in [0.1, 0.15) is 12.8 Å². The van der Waals surface area contributed by atoms with E-state index in [1.807, 2.05) is 0 Å². The molecule has 0 rings (SSSR count). The normalized spacial score (nSPS) is 8.36. The van der Waals surface area contributed by atoms with Crippen LogP contribution in [0.25, 0.3) is 0 Å². The predicted molar refractivity (Wildman–Crippen MR) is 49.0 cm³/mol. The molecule has 0 bridgehead atoms. The molecule has 0 aliphatic carbocycles. The van der Waals surface area contributed by atoms with Gasteiger partial charge in [-0.15, -0.1) is 13.2 Å². The van der Waals surface area contributed by atoms with Crippen LogP contribution >= 0.6 is 0 Å². The Morgan fingerprint density at radius 2 is 1.36 bits per heavy atom. The Balaban J connectivity index is 3.65. The molecule has 0 aromatic carbocycles. The van der Waals surface area contributed by atoms with Gasteiger partial charge in [-0.2, -0.15) is 0 Å². The number of allylic oxidation sites excluding steroid dienone is 2. The molecule has 1 nitrogen and oxygen atoms in total. The van der Waals surface area contributed by atoms with Crippen LogP contribution in [0.3, 0.4) is 0 Å². The monoisotopic (exact) mass is 150 g/mol. The molecule has 0 aromatic heterocycles. The lowest BCUT2D eigenvalue weighted by atomic mass is 10.3. The van der Waals surface area contributed by atoms with E-state index in [0.717, 1.165) is 0 Å². The zero-order chi connectivity index (χ0) is 8.69. The molecular weight excluding hydrogens is 136 g/mol. The van der Waals surface area contributed by atoms with Crippen LogP contribution in [0, 0.1) is 0 Å². The maximum atomic E-state index is 5.20. The van der Waals surface area contributed by atoms with Crippen molar-refractivity contribution in [2.75, 3.05) is 0 Å². The first kappa shape index (κ1) is 9.76. The lowest BCUT2D eigenvalue weighted by molar-refractivity contribution is 0.296. The molecule has 0 spiro atoms. The van der Waals surface area contributed by atoms with Gasteiger partial charge in [-0.1, -0.05) is 25.3 Å². The minimum absolute atomic E-state index is 0.663. The molecule has 0 N–H and O–H groups in total. The van der Waals surface area contributed by atoms with Crippen molar-refractivity contribution in [3.63, 3.8) is 0 Å². The van der Waals surface area contributed by atoms with Crippen molar-refractivity contribution < 1.29 is 4.74 Å². The number of ether oxygens (including phenoxy) is 1. The third-order valence-corrected chi connectivity index (χ3v) is 1.03. The van der Waals surface area contributed by atoms with Crippen molar-refractivity contribution in [3.8, 4) is 0 Å². The molecule has 0 heterocycles. The topological polar surface area (TPSA) is 9.23 Å². The second-order valence-electron chi connectivity index (χ2n) is 2.17. The van der Waals surface area contributed by atoms with Crippen molar-refractivity contribution in [2.45, 2.75) is 12.8 Å². The molecule has 1 heteroatoms. The van der Waals surface area contributed by atoms with E-state index >= 15 is 0 Å². The number of hydrogen-bond donors (Lipinski definition) is 0. The maximum absolute atomic E-state index is 5.20. The summed E-state index contributed by atoms with van der Waals surface area (Å²) >= 11 is 0. The smallest absolute Gasteiger partial charge is 0.100 e. The Labute approximate surface area is 68.4 Å². The third-order valence-electron chi connectivity index (χ3n) is 1.03. The Kier molecular flexibility index (Phi) is 4.91. The minimum Gasteiger partial charge on any atom is -0.467 e. The summed E-state index contributed by atoms with van der Waals surface area (Å²) in [6.07, 6.45) is 4.80. The van der Waals surface area contributed by atoms with Crippen LogP contribution in [-0.2, 0) is 4.74 Å². The largest absolute Gasteiger partial charge is 0.467 e. The minimum atomic E-state index is 0.663. The maximum Gasteiger partial charge on any atom is 0.100 e. The Morgan fingerprint density at radius 3 is 1.64 bits per heavy atom. The molecule has 0 amide bonds. The summed E-state index contributed by atoms with van der Waals surface area (Å²) in [4.78, 5) is 0. The van der Waals surface area contributed by atoms with E-state index in [0.29, 0.717) is 24.4 Å². The van der Waals surface area contributed by atoms with Gasteiger partial charge in [-0.25, -0.2) is 0 Å². The second-order valence-corrected chi connectivity index (χ2v) is 2.17. The van der Waals surface area contributed by atoms with Gasteiger partial charge < -0.3 is 4.74 Å². The van der Waals surface area contributed by atoms with E-state index in [-0.39, 0.29) is 0 Å². The van der Waals surface area contributed by atoms with Gasteiger partial charge in [0.2, 0.25) is 0 Å². The van der Waals surface area contributed by atoms with Gasteiger partial charge in [0.15, 0.2) is 0 Å². The lowest BCUT2D eigenvalue weighted by Crippen LogP contribution is -1.88. The average molecular weight is 150 g/mol. The zero-order valence-corrected chi connectivity index (χ0v) is 6.81. The van der Waals surface area contributed by atoms with Crippen molar-refractivity contribution in [3.05, 3.63) is 50.0 Å². The highest BCUT2D eigenvalue weighted by atomic mass is 16.5. The third kappa shape index (κ3) is 5.22. The number of rotatable bonds is 6. The standard InChI is InChI=1S/C10H14O/c1-5-7-9(3)11-10(4)8-6-2/h5-6H,1-4,7-8H2. The van der Waals surface area contributed by atoms with Crippen molar-refractivity contribution >= 4 is 0 Å². The summed E-state index contributed by atoms with van der Waals surface area (Å²) in [7, 11) is 0. The molecule has 0 fully saturated rings. The predicted octanol–water partition coefficient (Wildman–Crippen LogP) is 3.18. The molecule has 0 aliphatic rings. The molecular formula is C10H14O. The molecule has 11 heavy (non-hydrogen) atoms. The van der Waals surface area contributed by atoms with Crippen molar-refractivity contribution in [1.82, 2.24) is 0 Å². The first-order chi connectivity index (χ1) is 5.20. The average Bonchev–Trinajstić information content (AvgIpc) is 1.87. The molecule has 60 valence electrons. The van der Waals surface area contributed by atoms with Gasteiger partial charge in [-0.05, 0) is 0 Å². The van der Waals surface area contributed by atoms with Gasteiger partial charge in [0.05, 0.1) is 0 Å². The van der Waals surface area contributed by atoms with Crippen LogP contribution in [-0.4, -0.2) is 0 Å². The van der Waals surface area contributed by atoms with E-state index in [9.17, 15) is 0 Å². The first-order valence-electron chi connectivity index (χ1n) is 3.46. The number of hydrogen-bond acceptors (Lipinski definition) is 1. The van der Waals surface area contributed by atoms with Crippen LogP contribution in [0.5, 0.6) is 0 Å². The molecule has 0 unspecified atom stereocenters. The lowest BCUT2D eigenvalue weighted by Gasteiger charge is -2.06. The van der Waals surface area contributed by atoms with Crippen LogP contribution in [0.15, 0.2) is 50.0 Å². The quantitative estimate of drug-likeness (QED) is 0.417. The first-order valence-corrected chi connectivity index (χ1v) is 3.46. The Bertz CT molecular complexity index is 157. The van der Waals surface area contributed by atoms with E-state index < -0.39 is 0 Å². The van der Waals surface area contributed by atoms with Gasteiger partial charge in [0.1, 0.15) is 11.5 Å². The molecule has 0 radical (unpaired) electrons. The van der Waals surface area contributed by atoms with Crippen LogP contribution in [0.2, 0.25) is 0 Å².